The topological polar surface area (TPSA) is 63.2 Å². The molecule has 1 aromatic heterocycles. The maximum Gasteiger partial charge on any atom is 0.261 e. The number of hydrogen-bond acceptors (Lipinski definition) is 4. The number of thiophene rings is 1. The van der Waals surface area contributed by atoms with E-state index in [1.807, 2.05) is 0 Å². The van der Waals surface area contributed by atoms with E-state index in [9.17, 15) is 13.2 Å². The molecule has 1 fully saturated rings. The van der Waals surface area contributed by atoms with Crippen molar-refractivity contribution in [2.75, 3.05) is 0 Å². The van der Waals surface area contributed by atoms with Gasteiger partial charge in [-0.15, -0.1) is 11.3 Å². The Balaban J connectivity index is 1.68. The molecule has 132 valence electrons. The summed E-state index contributed by atoms with van der Waals surface area (Å²) in [5, 5.41) is 3.50. The van der Waals surface area contributed by atoms with Crippen LogP contribution in [0.4, 0.5) is 0 Å². The van der Waals surface area contributed by atoms with Gasteiger partial charge in [0, 0.05) is 21.5 Å². The third kappa shape index (κ3) is 3.23. The molecular weight excluding hydrogens is 378 g/mol. The van der Waals surface area contributed by atoms with E-state index < -0.39 is 9.84 Å². The van der Waals surface area contributed by atoms with Crippen molar-refractivity contribution in [3.8, 4) is 10.4 Å². The highest BCUT2D eigenvalue weighted by atomic mass is 35.5. The summed E-state index contributed by atoms with van der Waals surface area (Å²) in [7, 11) is -3.43. The second-order valence-corrected chi connectivity index (χ2v) is 10.1. The Bertz CT molecular complexity index is 943. The van der Waals surface area contributed by atoms with Gasteiger partial charge in [-0.25, -0.2) is 8.42 Å². The van der Waals surface area contributed by atoms with Crippen LogP contribution in [-0.2, 0) is 15.6 Å². The molecule has 0 unspecified atom stereocenters. The molecule has 25 heavy (non-hydrogen) atoms. The normalized spacial score (nSPS) is 19.1. The summed E-state index contributed by atoms with van der Waals surface area (Å²) >= 11 is 7.33. The van der Waals surface area contributed by atoms with Crippen molar-refractivity contribution < 1.29 is 13.2 Å². The molecule has 1 N–H and O–H groups in total. The highest BCUT2D eigenvalue weighted by molar-refractivity contribution is 7.91. The second-order valence-electron chi connectivity index (χ2n) is 6.67. The van der Waals surface area contributed by atoms with E-state index in [2.05, 4.69) is 5.32 Å². The van der Waals surface area contributed by atoms with Crippen LogP contribution in [0.15, 0.2) is 29.2 Å². The number of halogens is 1. The predicted molar refractivity (Wildman–Crippen MR) is 100.0 cm³/mol. The van der Waals surface area contributed by atoms with Gasteiger partial charge in [0.15, 0.2) is 9.84 Å². The Morgan fingerprint density at radius 1 is 1.16 bits per heavy atom. The lowest BCUT2D eigenvalue weighted by atomic mass is 9.95. The van der Waals surface area contributed by atoms with Gasteiger partial charge in [0.2, 0.25) is 0 Å². The molecule has 4 nitrogen and oxygen atoms in total. The van der Waals surface area contributed by atoms with E-state index in [0.717, 1.165) is 30.6 Å². The maximum atomic E-state index is 12.6. The summed E-state index contributed by atoms with van der Waals surface area (Å²) in [6, 6.07) is 6.87. The molecule has 0 saturated heterocycles. The Morgan fingerprint density at radius 3 is 2.68 bits per heavy atom. The van der Waals surface area contributed by atoms with Crippen molar-refractivity contribution in [2.45, 2.75) is 48.8 Å². The molecule has 2 heterocycles. The Labute approximate surface area is 156 Å². The quantitative estimate of drug-likeness (QED) is 0.818. The minimum atomic E-state index is -3.43. The van der Waals surface area contributed by atoms with Gasteiger partial charge in [-0.3, -0.25) is 4.79 Å². The van der Waals surface area contributed by atoms with E-state index in [4.69, 9.17) is 11.6 Å². The zero-order chi connectivity index (χ0) is 17.6. The van der Waals surface area contributed by atoms with Crippen molar-refractivity contribution in [3.05, 3.63) is 39.7 Å². The summed E-state index contributed by atoms with van der Waals surface area (Å²) in [5.74, 6) is -0.178. The molecule has 0 atom stereocenters. The van der Waals surface area contributed by atoms with Gasteiger partial charge in [-0.1, -0.05) is 36.9 Å². The summed E-state index contributed by atoms with van der Waals surface area (Å²) in [4.78, 5) is 14.3. The van der Waals surface area contributed by atoms with Crippen molar-refractivity contribution in [3.63, 3.8) is 0 Å². The number of rotatable bonds is 2. The standard InChI is InChI=1S/C18H18ClNO3S2/c19-12-6-7-14-16(9-12)25(22,23)10-11-8-15(24-17(11)14)18(21)20-13-4-2-1-3-5-13/h6-9,13H,1-5,10H2,(H,20,21). The van der Waals surface area contributed by atoms with Crippen LogP contribution in [0.1, 0.15) is 47.3 Å². The lowest BCUT2D eigenvalue weighted by Gasteiger charge is -2.22. The number of nitrogens with one attached hydrogen (secondary N) is 1. The van der Waals surface area contributed by atoms with Crippen LogP contribution in [0.5, 0.6) is 0 Å². The van der Waals surface area contributed by atoms with Crippen LogP contribution >= 0.6 is 22.9 Å². The third-order valence-corrected chi connectivity index (χ3v) is 7.99. The van der Waals surface area contributed by atoms with Gasteiger partial charge >= 0.3 is 0 Å². The van der Waals surface area contributed by atoms with Crippen molar-refractivity contribution in [1.29, 1.82) is 0 Å². The second kappa shape index (κ2) is 6.41. The molecule has 4 rings (SSSR count). The fourth-order valence-corrected chi connectivity index (χ4v) is 6.72. The first-order chi connectivity index (χ1) is 11.9. The number of sulfone groups is 1. The van der Waals surface area contributed by atoms with E-state index in [1.54, 1.807) is 18.2 Å². The number of fused-ring (bicyclic) bond motifs is 3. The SMILES string of the molecule is O=C(NC1CCCCC1)c1cc2c(s1)-c1ccc(Cl)cc1S(=O)(=O)C2. The fraction of sp³-hybridized carbons (Fsp3) is 0.389. The lowest BCUT2D eigenvalue weighted by molar-refractivity contribution is 0.0932. The molecule has 2 aliphatic rings. The first kappa shape index (κ1) is 17.1. The van der Waals surface area contributed by atoms with Crippen LogP contribution < -0.4 is 5.32 Å². The zero-order valence-corrected chi connectivity index (χ0v) is 15.9. The average molecular weight is 396 g/mol. The first-order valence-corrected chi connectivity index (χ1v) is 11.2. The zero-order valence-electron chi connectivity index (χ0n) is 13.5. The van der Waals surface area contributed by atoms with E-state index in [1.165, 1.54) is 23.8 Å². The van der Waals surface area contributed by atoms with Crippen LogP contribution in [-0.4, -0.2) is 20.4 Å². The number of amides is 1. The van der Waals surface area contributed by atoms with Crippen LogP contribution in [0.2, 0.25) is 5.02 Å². The predicted octanol–water partition coefficient (Wildman–Crippen LogP) is 4.42. The van der Waals surface area contributed by atoms with Crippen molar-refractivity contribution in [1.82, 2.24) is 5.32 Å². The summed E-state index contributed by atoms with van der Waals surface area (Å²) in [6.45, 7) is 0. The van der Waals surface area contributed by atoms with E-state index >= 15 is 0 Å². The number of hydrogen-bond donors (Lipinski definition) is 1. The summed E-state index contributed by atoms with van der Waals surface area (Å²) in [6.07, 6.45) is 5.58. The molecule has 1 amide bonds. The minimum Gasteiger partial charge on any atom is -0.349 e. The van der Waals surface area contributed by atoms with Crippen LogP contribution in [0, 0.1) is 0 Å². The molecule has 1 aromatic carbocycles. The molecule has 7 heteroatoms. The highest BCUT2D eigenvalue weighted by Gasteiger charge is 2.31. The maximum absolute atomic E-state index is 12.6. The van der Waals surface area contributed by atoms with E-state index in [-0.39, 0.29) is 22.6 Å². The number of carbonyl (C=O) groups excluding carboxylic acids is 1. The van der Waals surface area contributed by atoms with Gasteiger partial charge in [0.25, 0.3) is 5.91 Å². The third-order valence-electron chi connectivity index (χ3n) is 4.84. The molecule has 0 spiro atoms. The lowest BCUT2D eigenvalue weighted by Crippen LogP contribution is -2.35. The molecule has 1 aliphatic carbocycles. The largest absolute Gasteiger partial charge is 0.349 e. The Hall–Kier alpha value is -1.37. The van der Waals surface area contributed by atoms with Crippen LogP contribution in [0.3, 0.4) is 0 Å². The summed E-state index contributed by atoms with van der Waals surface area (Å²) < 4.78 is 25.1. The smallest absolute Gasteiger partial charge is 0.261 e. The molecule has 1 saturated carbocycles. The van der Waals surface area contributed by atoms with Crippen molar-refractivity contribution in [2.24, 2.45) is 0 Å². The monoisotopic (exact) mass is 395 g/mol. The molecule has 0 radical (unpaired) electrons. The van der Waals surface area contributed by atoms with Crippen LogP contribution in [0.25, 0.3) is 10.4 Å². The number of carbonyl (C=O) groups is 1. The van der Waals surface area contributed by atoms with Gasteiger partial charge in [0.1, 0.15) is 0 Å². The van der Waals surface area contributed by atoms with Gasteiger partial charge < -0.3 is 5.32 Å². The van der Waals surface area contributed by atoms with Gasteiger partial charge in [-0.05, 0) is 36.6 Å². The molecular formula is C18H18ClNO3S2. The Morgan fingerprint density at radius 2 is 1.92 bits per heavy atom. The fourth-order valence-electron chi connectivity index (χ4n) is 3.60. The van der Waals surface area contributed by atoms with E-state index in [0.29, 0.717) is 21.0 Å². The number of benzene rings is 1. The first-order valence-electron chi connectivity index (χ1n) is 8.40. The minimum absolute atomic E-state index is 0.0805. The molecule has 1 aliphatic heterocycles. The van der Waals surface area contributed by atoms with Crippen molar-refractivity contribution >= 4 is 38.7 Å². The highest BCUT2D eigenvalue weighted by Crippen LogP contribution is 2.43. The van der Waals surface area contributed by atoms with Gasteiger partial charge in [0.05, 0.1) is 15.5 Å². The van der Waals surface area contributed by atoms with Gasteiger partial charge in [-0.2, -0.15) is 0 Å². The summed E-state index contributed by atoms with van der Waals surface area (Å²) in [5.41, 5.74) is 1.35. The Kier molecular flexibility index (Phi) is 4.38. The molecule has 2 aromatic rings. The average Bonchev–Trinajstić information content (AvgIpc) is 2.99. The molecule has 0 bridgehead atoms.